The molecule has 7 heteroatoms. The molecule has 146 valence electrons. The van der Waals surface area contributed by atoms with E-state index in [0.717, 1.165) is 16.6 Å². The highest BCUT2D eigenvalue weighted by Crippen LogP contribution is 2.34. The lowest BCUT2D eigenvalue weighted by atomic mass is 10.1. The third-order valence-corrected chi connectivity index (χ3v) is 4.97. The number of halogens is 2. The van der Waals surface area contributed by atoms with Gasteiger partial charge in [0.15, 0.2) is 17.3 Å². The third-order valence-electron chi connectivity index (χ3n) is 4.42. The molecule has 0 saturated carbocycles. The van der Waals surface area contributed by atoms with Gasteiger partial charge in [0, 0.05) is 27.7 Å². The summed E-state index contributed by atoms with van der Waals surface area (Å²) in [7, 11) is 3.20. The molecular weight excluding hydrogens is 409 g/mol. The molecule has 0 unspecified atom stereocenters. The Hall–Kier alpha value is -3.02. The Balaban J connectivity index is 1.83. The summed E-state index contributed by atoms with van der Waals surface area (Å²) in [6, 6.07) is 18.6. The molecule has 4 aromatic rings. The van der Waals surface area contributed by atoms with Crippen LogP contribution in [0.5, 0.6) is 11.5 Å². The van der Waals surface area contributed by atoms with Gasteiger partial charge in [-0.3, -0.25) is 0 Å². The van der Waals surface area contributed by atoms with Crippen LogP contribution in [-0.4, -0.2) is 24.2 Å². The molecule has 29 heavy (non-hydrogen) atoms. The van der Waals surface area contributed by atoms with Gasteiger partial charge < -0.3 is 14.8 Å². The molecule has 0 fully saturated rings. The minimum absolute atomic E-state index is 0.491. The third kappa shape index (κ3) is 3.92. The number of hydrogen-bond acceptors (Lipinski definition) is 5. The number of anilines is 2. The molecule has 1 heterocycles. The van der Waals surface area contributed by atoms with Crippen molar-refractivity contribution in [2.24, 2.45) is 0 Å². The van der Waals surface area contributed by atoms with E-state index in [1.165, 1.54) is 0 Å². The summed E-state index contributed by atoms with van der Waals surface area (Å²) in [6.45, 7) is 0. The molecule has 0 radical (unpaired) electrons. The van der Waals surface area contributed by atoms with Crippen molar-refractivity contribution in [1.82, 2.24) is 9.97 Å². The molecule has 5 nitrogen and oxygen atoms in total. The molecular formula is C22H17Cl2N3O2. The molecule has 0 amide bonds. The van der Waals surface area contributed by atoms with Crippen molar-refractivity contribution in [3.05, 3.63) is 70.7 Å². The van der Waals surface area contributed by atoms with Crippen LogP contribution >= 0.6 is 23.2 Å². The van der Waals surface area contributed by atoms with Gasteiger partial charge in [0.05, 0.1) is 24.8 Å². The SMILES string of the molecule is COc1ccc(Nc2nc(-c3ccc(Cl)cc3Cl)nc3ccccc23)cc1OC. The second-order valence-corrected chi connectivity index (χ2v) is 7.08. The molecule has 0 saturated heterocycles. The van der Waals surface area contributed by atoms with Crippen molar-refractivity contribution in [2.75, 3.05) is 19.5 Å². The standard InChI is InChI=1S/C22H17Cl2N3O2/c1-28-19-10-8-14(12-20(19)29-2)25-22-16-5-3-4-6-18(16)26-21(27-22)15-9-7-13(23)11-17(15)24/h3-12H,1-2H3,(H,25,26,27). The lowest BCUT2D eigenvalue weighted by Gasteiger charge is -2.14. The van der Waals surface area contributed by atoms with E-state index in [4.69, 9.17) is 37.7 Å². The Morgan fingerprint density at radius 2 is 1.62 bits per heavy atom. The first-order valence-corrected chi connectivity index (χ1v) is 9.56. The van der Waals surface area contributed by atoms with E-state index < -0.39 is 0 Å². The summed E-state index contributed by atoms with van der Waals surface area (Å²) in [5.74, 6) is 2.44. The van der Waals surface area contributed by atoms with E-state index in [1.807, 2.05) is 48.5 Å². The fourth-order valence-corrected chi connectivity index (χ4v) is 3.51. The number of para-hydroxylation sites is 1. The van der Waals surface area contributed by atoms with Gasteiger partial charge in [-0.15, -0.1) is 0 Å². The molecule has 0 aliphatic heterocycles. The lowest BCUT2D eigenvalue weighted by molar-refractivity contribution is 0.355. The Bertz CT molecular complexity index is 1200. The number of fused-ring (bicyclic) bond motifs is 1. The van der Waals surface area contributed by atoms with Gasteiger partial charge in [-0.25, -0.2) is 9.97 Å². The van der Waals surface area contributed by atoms with Gasteiger partial charge in [-0.2, -0.15) is 0 Å². The van der Waals surface area contributed by atoms with Crippen molar-refractivity contribution < 1.29 is 9.47 Å². The quantitative estimate of drug-likeness (QED) is 0.402. The summed E-state index contributed by atoms with van der Waals surface area (Å²) < 4.78 is 10.7. The van der Waals surface area contributed by atoms with Crippen LogP contribution in [0.25, 0.3) is 22.3 Å². The normalized spacial score (nSPS) is 10.8. The summed E-state index contributed by atoms with van der Waals surface area (Å²) in [5, 5.41) is 5.29. The van der Waals surface area contributed by atoms with Crippen molar-refractivity contribution >= 4 is 45.6 Å². The van der Waals surface area contributed by atoms with E-state index in [0.29, 0.717) is 38.8 Å². The average Bonchev–Trinajstić information content (AvgIpc) is 2.73. The highest BCUT2D eigenvalue weighted by Gasteiger charge is 2.13. The fourth-order valence-electron chi connectivity index (χ4n) is 3.01. The van der Waals surface area contributed by atoms with Gasteiger partial charge >= 0.3 is 0 Å². The average molecular weight is 426 g/mol. The van der Waals surface area contributed by atoms with Crippen LogP contribution in [0.15, 0.2) is 60.7 Å². The fraction of sp³-hybridized carbons (Fsp3) is 0.0909. The number of hydrogen-bond donors (Lipinski definition) is 1. The van der Waals surface area contributed by atoms with Crippen LogP contribution in [0.1, 0.15) is 0 Å². The Morgan fingerprint density at radius 3 is 2.38 bits per heavy atom. The molecule has 0 aliphatic carbocycles. The molecule has 4 rings (SSSR count). The highest BCUT2D eigenvalue weighted by molar-refractivity contribution is 6.36. The van der Waals surface area contributed by atoms with E-state index >= 15 is 0 Å². The van der Waals surface area contributed by atoms with Crippen LogP contribution in [0.4, 0.5) is 11.5 Å². The van der Waals surface area contributed by atoms with E-state index in [-0.39, 0.29) is 0 Å². The van der Waals surface area contributed by atoms with Gasteiger partial charge in [0.25, 0.3) is 0 Å². The first-order chi connectivity index (χ1) is 14.1. The van der Waals surface area contributed by atoms with Crippen molar-refractivity contribution in [2.45, 2.75) is 0 Å². The molecule has 1 N–H and O–H groups in total. The van der Waals surface area contributed by atoms with Gasteiger partial charge in [0.2, 0.25) is 0 Å². The second kappa shape index (κ2) is 8.15. The molecule has 3 aromatic carbocycles. The molecule has 0 aliphatic rings. The highest BCUT2D eigenvalue weighted by atomic mass is 35.5. The van der Waals surface area contributed by atoms with Crippen molar-refractivity contribution in [1.29, 1.82) is 0 Å². The molecule has 0 spiro atoms. The summed E-state index contributed by atoms with van der Waals surface area (Å²) >= 11 is 12.4. The van der Waals surface area contributed by atoms with E-state index in [2.05, 4.69) is 10.3 Å². The second-order valence-electron chi connectivity index (χ2n) is 6.23. The number of nitrogens with zero attached hydrogens (tertiary/aromatic N) is 2. The number of rotatable bonds is 5. The topological polar surface area (TPSA) is 56.3 Å². The maximum Gasteiger partial charge on any atom is 0.163 e. The number of aromatic nitrogens is 2. The van der Waals surface area contributed by atoms with Crippen LogP contribution in [0, 0.1) is 0 Å². The van der Waals surface area contributed by atoms with Gasteiger partial charge in [-0.1, -0.05) is 35.3 Å². The van der Waals surface area contributed by atoms with Crippen molar-refractivity contribution in [3.8, 4) is 22.9 Å². The summed E-state index contributed by atoms with van der Waals surface area (Å²) in [6.07, 6.45) is 0. The van der Waals surface area contributed by atoms with Gasteiger partial charge in [0.1, 0.15) is 5.82 Å². The Kier molecular flexibility index (Phi) is 5.43. The minimum atomic E-state index is 0.491. The number of nitrogens with one attached hydrogen (secondary N) is 1. The zero-order chi connectivity index (χ0) is 20.4. The van der Waals surface area contributed by atoms with E-state index in [1.54, 1.807) is 26.4 Å². The largest absolute Gasteiger partial charge is 0.493 e. The summed E-state index contributed by atoms with van der Waals surface area (Å²) in [5.41, 5.74) is 2.31. The van der Waals surface area contributed by atoms with Gasteiger partial charge in [-0.05, 0) is 42.5 Å². The Morgan fingerprint density at radius 1 is 0.828 bits per heavy atom. The number of methoxy groups -OCH3 is 2. The zero-order valence-electron chi connectivity index (χ0n) is 15.7. The predicted molar refractivity (Wildman–Crippen MR) is 118 cm³/mol. The zero-order valence-corrected chi connectivity index (χ0v) is 17.3. The monoisotopic (exact) mass is 425 g/mol. The smallest absolute Gasteiger partial charge is 0.163 e. The van der Waals surface area contributed by atoms with Crippen LogP contribution < -0.4 is 14.8 Å². The lowest BCUT2D eigenvalue weighted by Crippen LogP contribution is -2.00. The first kappa shape index (κ1) is 19.3. The maximum atomic E-state index is 6.39. The van der Waals surface area contributed by atoms with Crippen molar-refractivity contribution in [3.63, 3.8) is 0 Å². The first-order valence-electron chi connectivity index (χ1n) is 8.80. The van der Waals surface area contributed by atoms with Crippen LogP contribution in [0.3, 0.4) is 0 Å². The Labute approximate surface area is 178 Å². The predicted octanol–water partition coefficient (Wildman–Crippen LogP) is 6.36. The number of benzene rings is 3. The number of ether oxygens (including phenoxy) is 2. The maximum absolute atomic E-state index is 6.39. The minimum Gasteiger partial charge on any atom is -0.493 e. The van der Waals surface area contributed by atoms with Crippen LogP contribution in [-0.2, 0) is 0 Å². The van der Waals surface area contributed by atoms with Crippen LogP contribution in [0.2, 0.25) is 10.0 Å². The summed E-state index contributed by atoms with van der Waals surface area (Å²) in [4.78, 5) is 9.41. The molecule has 0 atom stereocenters. The molecule has 0 bridgehead atoms. The van der Waals surface area contributed by atoms with E-state index in [9.17, 15) is 0 Å². The molecule has 1 aromatic heterocycles.